The molecule has 29 heavy (non-hydrogen) atoms. The van der Waals surface area contributed by atoms with Gasteiger partial charge in [-0.3, -0.25) is 9.59 Å². The van der Waals surface area contributed by atoms with E-state index in [0.29, 0.717) is 31.7 Å². The Hall–Kier alpha value is -3.56. The molecule has 1 aromatic carbocycles. The van der Waals surface area contributed by atoms with Crippen LogP contribution < -0.4 is 9.47 Å². The summed E-state index contributed by atoms with van der Waals surface area (Å²) in [6.07, 6.45) is 3.93. The van der Waals surface area contributed by atoms with E-state index in [1.54, 1.807) is 28.3 Å². The van der Waals surface area contributed by atoms with Crippen LogP contribution in [0.25, 0.3) is 6.08 Å². The molecule has 1 fully saturated rings. The summed E-state index contributed by atoms with van der Waals surface area (Å²) in [5.41, 5.74) is 0.928. The Bertz CT molecular complexity index is 960. The first-order valence-electron chi connectivity index (χ1n) is 8.82. The Morgan fingerprint density at radius 2 is 1.66 bits per heavy atom. The molecule has 0 aliphatic carbocycles. The van der Waals surface area contributed by atoms with Crippen molar-refractivity contribution in [2.24, 2.45) is 0 Å². The maximum Gasteiger partial charge on any atom is 0.586 e. The third-order valence-electron chi connectivity index (χ3n) is 4.53. The summed E-state index contributed by atoms with van der Waals surface area (Å²) in [5, 5.41) is 0. The monoisotopic (exact) mass is 402 g/mol. The van der Waals surface area contributed by atoms with Crippen LogP contribution in [0.2, 0.25) is 0 Å². The molecule has 150 valence electrons. The topological polar surface area (TPSA) is 84.9 Å². The van der Waals surface area contributed by atoms with Gasteiger partial charge in [0.2, 0.25) is 5.91 Å². The third kappa shape index (κ3) is 4.15. The molecule has 2 aromatic rings. The molecule has 3 heterocycles. The van der Waals surface area contributed by atoms with Crippen molar-refractivity contribution in [1.82, 2.24) is 19.8 Å². The van der Waals surface area contributed by atoms with Gasteiger partial charge in [-0.05, 0) is 24.3 Å². The van der Waals surface area contributed by atoms with E-state index >= 15 is 0 Å². The van der Waals surface area contributed by atoms with Gasteiger partial charge in [0.15, 0.2) is 11.5 Å². The number of amides is 2. The zero-order valence-corrected chi connectivity index (χ0v) is 15.1. The molecule has 0 radical (unpaired) electrons. The van der Waals surface area contributed by atoms with E-state index < -0.39 is 6.29 Å². The zero-order valence-electron chi connectivity index (χ0n) is 15.1. The second kappa shape index (κ2) is 7.46. The van der Waals surface area contributed by atoms with Crippen LogP contribution >= 0.6 is 0 Å². The van der Waals surface area contributed by atoms with Crippen molar-refractivity contribution in [1.29, 1.82) is 0 Å². The first-order valence-corrected chi connectivity index (χ1v) is 8.82. The highest BCUT2D eigenvalue weighted by Crippen LogP contribution is 2.41. The average Bonchev–Trinajstić information content (AvgIpc) is 3.05. The number of carbonyl (C=O) groups is 2. The minimum absolute atomic E-state index is 0.113. The molecule has 2 aliphatic rings. The second-order valence-electron chi connectivity index (χ2n) is 6.45. The van der Waals surface area contributed by atoms with Gasteiger partial charge in [-0.2, -0.15) is 0 Å². The number of nitrogens with zero attached hydrogens (tertiary/aromatic N) is 4. The Kier molecular flexibility index (Phi) is 4.83. The van der Waals surface area contributed by atoms with Crippen molar-refractivity contribution >= 4 is 17.9 Å². The Labute approximate surface area is 164 Å². The van der Waals surface area contributed by atoms with E-state index in [2.05, 4.69) is 19.4 Å². The molecule has 0 spiro atoms. The lowest BCUT2D eigenvalue weighted by Crippen LogP contribution is -2.50. The van der Waals surface area contributed by atoms with E-state index in [1.165, 1.54) is 30.6 Å². The van der Waals surface area contributed by atoms with Gasteiger partial charge in [-0.1, -0.05) is 0 Å². The van der Waals surface area contributed by atoms with Crippen LogP contribution in [0.3, 0.4) is 0 Å². The fraction of sp³-hybridized carbons (Fsp3) is 0.263. The number of hydrogen-bond donors (Lipinski definition) is 0. The predicted octanol–water partition coefficient (Wildman–Crippen LogP) is 1.80. The lowest BCUT2D eigenvalue weighted by molar-refractivity contribution is -0.286. The summed E-state index contributed by atoms with van der Waals surface area (Å²) in [6, 6.07) is 3.93. The number of carbonyl (C=O) groups excluding carboxylic acids is 2. The van der Waals surface area contributed by atoms with Gasteiger partial charge >= 0.3 is 6.29 Å². The molecule has 0 saturated carbocycles. The Morgan fingerprint density at radius 1 is 1.00 bits per heavy atom. The molecule has 0 bridgehead atoms. The fourth-order valence-corrected chi connectivity index (χ4v) is 3.06. The van der Waals surface area contributed by atoms with E-state index in [4.69, 9.17) is 0 Å². The number of halogens is 2. The van der Waals surface area contributed by atoms with Gasteiger partial charge in [0.1, 0.15) is 6.33 Å². The maximum absolute atomic E-state index is 13.1. The van der Waals surface area contributed by atoms with Crippen molar-refractivity contribution < 1.29 is 27.8 Å². The Morgan fingerprint density at radius 3 is 2.38 bits per heavy atom. The van der Waals surface area contributed by atoms with Gasteiger partial charge < -0.3 is 19.3 Å². The van der Waals surface area contributed by atoms with Crippen LogP contribution in [-0.2, 0) is 4.79 Å². The summed E-state index contributed by atoms with van der Waals surface area (Å²) >= 11 is 0. The van der Waals surface area contributed by atoms with Crippen molar-refractivity contribution in [3.8, 4) is 11.5 Å². The van der Waals surface area contributed by atoms with Crippen LogP contribution in [-0.4, -0.2) is 64.1 Å². The van der Waals surface area contributed by atoms with E-state index in [0.717, 1.165) is 0 Å². The molecule has 0 N–H and O–H groups in total. The molecule has 0 atom stereocenters. The highest BCUT2D eigenvalue weighted by molar-refractivity contribution is 5.95. The van der Waals surface area contributed by atoms with Gasteiger partial charge in [0.05, 0.1) is 0 Å². The van der Waals surface area contributed by atoms with Crippen LogP contribution in [0.15, 0.2) is 43.0 Å². The molecular weight excluding hydrogens is 386 g/mol. The summed E-state index contributed by atoms with van der Waals surface area (Å²) in [7, 11) is 0. The SMILES string of the molecule is O=C(/C=C/c1cncnc1)N1CCN(C(=O)c2ccc3c(c2)OC(F)(F)O3)CC1. The highest BCUT2D eigenvalue weighted by atomic mass is 19.3. The first-order chi connectivity index (χ1) is 13.9. The molecule has 1 saturated heterocycles. The molecule has 8 nitrogen and oxygen atoms in total. The molecular formula is C19H16F2N4O4. The number of piperazine rings is 1. The fourth-order valence-electron chi connectivity index (χ4n) is 3.06. The molecule has 2 amide bonds. The summed E-state index contributed by atoms with van der Waals surface area (Å²) in [5.74, 6) is -0.788. The highest BCUT2D eigenvalue weighted by Gasteiger charge is 2.43. The summed E-state index contributed by atoms with van der Waals surface area (Å²) < 4.78 is 35.0. The molecule has 2 aliphatic heterocycles. The van der Waals surface area contributed by atoms with Crippen LogP contribution in [0.5, 0.6) is 11.5 Å². The molecule has 0 unspecified atom stereocenters. The normalized spacial score (nSPS) is 17.6. The predicted molar refractivity (Wildman–Crippen MR) is 96.2 cm³/mol. The van der Waals surface area contributed by atoms with Gasteiger partial charge in [-0.25, -0.2) is 9.97 Å². The summed E-state index contributed by atoms with van der Waals surface area (Å²) in [4.78, 5) is 35.9. The van der Waals surface area contributed by atoms with E-state index in [9.17, 15) is 18.4 Å². The quantitative estimate of drug-likeness (QED) is 0.728. The minimum atomic E-state index is -3.73. The standard InChI is InChI=1S/C19H16F2N4O4/c20-19(21)28-15-3-2-14(9-16(15)29-19)18(27)25-7-5-24(6-8-25)17(26)4-1-13-10-22-12-23-11-13/h1-4,9-12H,5-8H2/b4-1+. The van der Waals surface area contributed by atoms with Crippen LogP contribution in [0.1, 0.15) is 15.9 Å². The largest absolute Gasteiger partial charge is 0.586 e. The number of benzene rings is 1. The van der Waals surface area contributed by atoms with Crippen molar-refractivity contribution in [3.05, 3.63) is 54.1 Å². The Balaban J connectivity index is 1.34. The van der Waals surface area contributed by atoms with Gasteiger partial charge in [-0.15, -0.1) is 8.78 Å². The van der Waals surface area contributed by atoms with E-state index in [-0.39, 0.29) is 28.9 Å². The molecule has 4 rings (SSSR count). The number of hydrogen-bond acceptors (Lipinski definition) is 6. The van der Waals surface area contributed by atoms with Crippen molar-refractivity contribution in [2.45, 2.75) is 6.29 Å². The average molecular weight is 402 g/mol. The van der Waals surface area contributed by atoms with E-state index in [1.807, 2.05) is 0 Å². The second-order valence-corrected chi connectivity index (χ2v) is 6.45. The van der Waals surface area contributed by atoms with Crippen LogP contribution in [0, 0.1) is 0 Å². The summed E-state index contributed by atoms with van der Waals surface area (Å²) in [6.45, 7) is 1.39. The molecule has 1 aromatic heterocycles. The minimum Gasteiger partial charge on any atom is -0.395 e. The number of alkyl halides is 2. The lowest BCUT2D eigenvalue weighted by atomic mass is 10.1. The number of rotatable bonds is 3. The zero-order chi connectivity index (χ0) is 20.4. The van der Waals surface area contributed by atoms with Crippen molar-refractivity contribution in [3.63, 3.8) is 0 Å². The number of fused-ring (bicyclic) bond motifs is 1. The molecule has 10 heteroatoms. The number of aromatic nitrogens is 2. The van der Waals surface area contributed by atoms with Crippen LogP contribution in [0.4, 0.5) is 8.78 Å². The number of ether oxygens (including phenoxy) is 2. The van der Waals surface area contributed by atoms with Gasteiger partial charge in [0, 0.05) is 55.8 Å². The third-order valence-corrected chi connectivity index (χ3v) is 4.53. The van der Waals surface area contributed by atoms with Crippen molar-refractivity contribution in [2.75, 3.05) is 26.2 Å². The smallest absolute Gasteiger partial charge is 0.395 e. The lowest BCUT2D eigenvalue weighted by Gasteiger charge is -2.34. The first kappa shape index (κ1) is 18.8. The maximum atomic E-state index is 13.1. The van der Waals surface area contributed by atoms with Gasteiger partial charge in [0.25, 0.3) is 5.91 Å².